The molecule has 198 valence electrons. The number of hydrogen-bond donors (Lipinski definition) is 1. The third kappa shape index (κ3) is 5.88. The Kier molecular flexibility index (Phi) is 7.86. The van der Waals surface area contributed by atoms with Gasteiger partial charge in [-0.2, -0.15) is 13.2 Å². The fraction of sp³-hybridized carbons (Fsp3) is 0.192. The number of benzene rings is 3. The molecule has 0 saturated carbocycles. The molecule has 1 amide bonds. The van der Waals surface area contributed by atoms with Gasteiger partial charge in [0, 0.05) is 17.1 Å². The maximum atomic E-state index is 14.4. The molecule has 7 nitrogen and oxygen atoms in total. The zero-order valence-electron chi connectivity index (χ0n) is 19.9. The highest BCUT2D eigenvalue weighted by atomic mass is 35.5. The lowest BCUT2D eigenvalue weighted by molar-refractivity contribution is -0.138. The molecule has 0 radical (unpaired) electrons. The van der Waals surface area contributed by atoms with Gasteiger partial charge in [-0.1, -0.05) is 48.0 Å². The van der Waals surface area contributed by atoms with Crippen molar-refractivity contribution in [3.63, 3.8) is 0 Å². The van der Waals surface area contributed by atoms with Crippen molar-refractivity contribution in [3.05, 3.63) is 105 Å². The van der Waals surface area contributed by atoms with Crippen molar-refractivity contribution in [2.24, 2.45) is 0 Å². The topological polar surface area (TPSA) is 78.2 Å². The first-order chi connectivity index (χ1) is 18.1. The molecule has 0 aliphatic heterocycles. The molecule has 0 fully saturated rings. The second-order valence-corrected chi connectivity index (χ2v) is 8.65. The first kappa shape index (κ1) is 26.9. The summed E-state index contributed by atoms with van der Waals surface area (Å²) in [4.78, 5) is 25.9. The Balaban J connectivity index is 1.66. The van der Waals surface area contributed by atoms with Crippen molar-refractivity contribution in [3.8, 4) is 17.1 Å². The molecule has 12 heteroatoms. The minimum absolute atomic E-state index is 0.0852. The molecule has 0 saturated heterocycles. The number of hydrogen-bond acceptors (Lipinski definition) is 4. The Morgan fingerprint density at radius 3 is 2.42 bits per heavy atom. The highest BCUT2D eigenvalue weighted by Crippen LogP contribution is 2.32. The van der Waals surface area contributed by atoms with Crippen molar-refractivity contribution in [2.45, 2.75) is 25.8 Å². The molecule has 0 bridgehead atoms. The number of aromatic nitrogens is 3. The maximum Gasteiger partial charge on any atom is 0.416 e. The standard InChI is InChI=1S/C26H21ClF4N4O3/c1-38-22-12-18(27)10-11-19(22)24-33-35(25(37)34(24)14-17-7-3-5-9-21(17)28)15-23(36)32-13-16-6-2-4-8-20(16)26(29,30)31/h2-12H,13-15H2,1H3,(H,32,36). The van der Waals surface area contributed by atoms with E-state index in [0.29, 0.717) is 10.6 Å². The molecule has 0 aliphatic rings. The van der Waals surface area contributed by atoms with Gasteiger partial charge in [0.05, 0.1) is 24.8 Å². The number of amides is 1. The molecule has 0 atom stereocenters. The van der Waals surface area contributed by atoms with Gasteiger partial charge in [0.2, 0.25) is 5.91 Å². The second-order valence-electron chi connectivity index (χ2n) is 8.22. The van der Waals surface area contributed by atoms with Crippen LogP contribution in [0.2, 0.25) is 5.02 Å². The van der Waals surface area contributed by atoms with Crippen LogP contribution >= 0.6 is 11.6 Å². The summed E-state index contributed by atoms with van der Waals surface area (Å²) in [5.41, 5.74) is -1.16. The number of nitrogens with zero attached hydrogens (tertiary/aromatic N) is 3. The zero-order chi connectivity index (χ0) is 27.4. The molecule has 1 aromatic heterocycles. The van der Waals surface area contributed by atoms with Crippen molar-refractivity contribution < 1.29 is 27.1 Å². The largest absolute Gasteiger partial charge is 0.496 e. The summed E-state index contributed by atoms with van der Waals surface area (Å²) < 4.78 is 61.6. The Morgan fingerprint density at radius 1 is 1.05 bits per heavy atom. The SMILES string of the molecule is COc1cc(Cl)ccc1-c1nn(CC(=O)NCc2ccccc2C(F)(F)F)c(=O)n1Cc1ccccc1F. The molecule has 4 aromatic rings. The predicted molar refractivity (Wildman–Crippen MR) is 132 cm³/mol. The Hall–Kier alpha value is -4.12. The fourth-order valence-corrected chi connectivity index (χ4v) is 4.03. The van der Waals surface area contributed by atoms with E-state index in [9.17, 15) is 27.2 Å². The molecule has 0 spiro atoms. The van der Waals surface area contributed by atoms with Crippen LogP contribution in [0.1, 0.15) is 16.7 Å². The van der Waals surface area contributed by atoms with Gasteiger partial charge in [-0.3, -0.25) is 9.36 Å². The minimum Gasteiger partial charge on any atom is -0.496 e. The molecule has 38 heavy (non-hydrogen) atoms. The second kappa shape index (κ2) is 11.1. The summed E-state index contributed by atoms with van der Waals surface area (Å²) in [6.45, 7) is -1.19. The average molecular weight is 549 g/mol. The van der Waals surface area contributed by atoms with E-state index in [0.717, 1.165) is 10.7 Å². The summed E-state index contributed by atoms with van der Waals surface area (Å²) in [5, 5.41) is 7.04. The first-order valence-corrected chi connectivity index (χ1v) is 11.6. The summed E-state index contributed by atoms with van der Waals surface area (Å²) in [6, 6.07) is 15.4. The van der Waals surface area contributed by atoms with E-state index < -0.39 is 42.2 Å². The van der Waals surface area contributed by atoms with Crippen LogP contribution in [0.5, 0.6) is 5.75 Å². The lowest BCUT2D eigenvalue weighted by atomic mass is 10.1. The van der Waals surface area contributed by atoms with Gasteiger partial charge in [0.1, 0.15) is 18.1 Å². The lowest BCUT2D eigenvalue weighted by Gasteiger charge is -2.13. The van der Waals surface area contributed by atoms with Gasteiger partial charge in [0.15, 0.2) is 5.82 Å². The number of nitrogens with one attached hydrogen (secondary N) is 1. The Labute approximate surface area is 219 Å². The van der Waals surface area contributed by atoms with Gasteiger partial charge in [0.25, 0.3) is 0 Å². The van der Waals surface area contributed by atoms with E-state index in [2.05, 4.69) is 10.4 Å². The van der Waals surface area contributed by atoms with E-state index in [1.165, 1.54) is 54.1 Å². The Bertz CT molecular complexity index is 1530. The zero-order valence-corrected chi connectivity index (χ0v) is 20.7. The van der Waals surface area contributed by atoms with Crippen LogP contribution in [-0.2, 0) is 30.6 Å². The summed E-state index contributed by atoms with van der Waals surface area (Å²) in [6.07, 6.45) is -4.59. The average Bonchev–Trinajstić information content (AvgIpc) is 3.18. The van der Waals surface area contributed by atoms with Gasteiger partial charge in [-0.05, 0) is 35.9 Å². The minimum atomic E-state index is -4.59. The number of ether oxygens (including phenoxy) is 1. The van der Waals surface area contributed by atoms with Crippen LogP contribution in [0.15, 0.2) is 71.5 Å². The molecule has 0 unspecified atom stereocenters. The van der Waals surface area contributed by atoms with Crippen molar-refractivity contribution in [1.29, 1.82) is 0 Å². The smallest absolute Gasteiger partial charge is 0.416 e. The summed E-state index contributed by atoms with van der Waals surface area (Å²) >= 11 is 6.06. The molecule has 3 aromatic carbocycles. The van der Waals surface area contributed by atoms with Gasteiger partial charge in [-0.15, -0.1) is 5.10 Å². The highest BCUT2D eigenvalue weighted by Gasteiger charge is 2.33. The summed E-state index contributed by atoms with van der Waals surface area (Å²) in [7, 11) is 1.40. The van der Waals surface area contributed by atoms with Crippen LogP contribution in [0.4, 0.5) is 17.6 Å². The summed E-state index contributed by atoms with van der Waals surface area (Å²) in [5.74, 6) is -0.906. The van der Waals surface area contributed by atoms with E-state index in [4.69, 9.17) is 16.3 Å². The molecular formula is C26H21ClF4N4O3. The normalized spacial score (nSPS) is 11.4. The number of alkyl halides is 3. The number of rotatable bonds is 8. The van der Waals surface area contributed by atoms with Crippen LogP contribution in [0.3, 0.4) is 0 Å². The van der Waals surface area contributed by atoms with Crippen LogP contribution in [0, 0.1) is 5.82 Å². The van der Waals surface area contributed by atoms with Gasteiger partial charge in [-0.25, -0.2) is 13.9 Å². The molecular weight excluding hydrogens is 528 g/mol. The third-order valence-electron chi connectivity index (χ3n) is 5.71. The number of carbonyl (C=O) groups is 1. The molecule has 1 N–H and O–H groups in total. The predicted octanol–water partition coefficient (Wildman–Crippen LogP) is 4.90. The monoisotopic (exact) mass is 548 g/mol. The highest BCUT2D eigenvalue weighted by molar-refractivity contribution is 6.30. The van der Waals surface area contributed by atoms with E-state index in [1.807, 2.05) is 0 Å². The maximum absolute atomic E-state index is 14.4. The fourth-order valence-electron chi connectivity index (χ4n) is 3.87. The molecule has 1 heterocycles. The molecule has 4 rings (SSSR count). The quantitative estimate of drug-likeness (QED) is 0.318. The molecule has 0 aliphatic carbocycles. The van der Waals surface area contributed by atoms with Crippen molar-refractivity contribution in [2.75, 3.05) is 7.11 Å². The first-order valence-electron chi connectivity index (χ1n) is 11.2. The third-order valence-corrected chi connectivity index (χ3v) is 5.94. The lowest BCUT2D eigenvalue weighted by Crippen LogP contribution is -2.34. The van der Waals surface area contributed by atoms with Gasteiger partial charge >= 0.3 is 11.9 Å². The van der Waals surface area contributed by atoms with Crippen LogP contribution in [-0.4, -0.2) is 27.4 Å². The van der Waals surface area contributed by atoms with E-state index in [1.54, 1.807) is 18.2 Å². The van der Waals surface area contributed by atoms with Crippen LogP contribution < -0.4 is 15.7 Å². The van der Waals surface area contributed by atoms with E-state index >= 15 is 0 Å². The Morgan fingerprint density at radius 2 is 1.74 bits per heavy atom. The number of methoxy groups -OCH3 is 1. The van der Waals surface area contributed by atoms with E-state index in [-0.39, 0.29) is 29.2 Å². The van der Waals surface area contributed by atoms with Crippen LogP contribution in [0.25, 0.3) is 11.4 Å². The van der Waals surface area contributed by atoms with Crippen molar-refractivity contribution in [1.82, 2.24) is 19.7 Å². The number of halogens is 5. The number of carbonyl (C=O) groups excluding carboxylic acids is 1. The van der Waals surface area contributed by atoms with Crippen molar-refractivity contribution >= 4 is 17.5 Å². The van der Waals surface area contributed by atoms with Gasteiger partial charge < -0.3 is 10.1 Å².